The molecule has 0 heterocycles. The van der Waals surface area contributed by atoms with Crippen molar-refractivity contribution in [1.82, 2.24) is 0 Å². The molecule has 0 aliphatic heterocycles. The van der Waals surface area contributed by atoms with Crippen LogP contribution in [0.5, 0.6) is 5.75 Å². The molecular weight excluding hydrogens is 262 g/mol. The second-order valence-corrected chi connectivity index (χ2v) is 6.33. The summed E-state index contributed by atoms with van der Waals surface area (Å²) in [5, 5.41) is 0. The molecule has 0 amide bonds. The number of ether oxygens (including phenoxy) is 2. The Morgan fingerprint density at radius 3 is 2.48 bits per heavy atom. The van der Waals surface area contributed by atoms with Crippen molar-refractivity contribution in [3.05, 3.63) is 29.8 Å². The van der Waals surface area contributed by atoms with Gasteiger partial charge >= 0.3 is 0 Å². The predicted molar refractivity (Wildman–Crippen MR) is 86.5 cm³/mol. The summed E-state index contributed by atoms with van der Waals surface area (Å²) in [4.78, 5) is 0. The van der Waals surface area contributed by atoms with Gasteiger partial charge in [-0.1, -0.05) is 26.0 Å². The van der Waals surface area contributed by atoms with Crippen LogP contribution < -0.4 is 10.5 Å². The molecule has 4 unspecified atom stereocenters. The van der Waals surface area contributed by atoms with Crippen molar-refractivity contribution in [2.75, 3.05) is 13.2 Å². The Morgan fingerprint density at radius 1 is 1.14 bits per heavy atom. The zero-order valence-corrected chi connectivity index (χ0v) is 13.5. The van der Waals surface area contributed by atoms with Crippen LogP contribution in [0, 0.1) is 11.8 Å². The molecule has 21 heavy (non-hydrogen) atoms. The van der Waals surface area contributed by atoms with Crippen LogP contribution in [0.1, 0.15) is 51.6 Å². The van der Waals surface area contributed by atoms with E-state index in [0.29, 0.717) is 19.3 Å². The second-order valence-electron chi connectivity index (χ2n) is 6.33. The van der Waals surface area contributed by atoms with E-state index in [4.69, 9.17) is 15.2 Å². The molecule has 0 bridgehead atoms. The van der Waals surface area contributed by atoms with Crippen molar-refractivity contribution in [3.8, 4) is 5.75 Å². The van der Waals surface area contributed by atoms with Crippen LogP contribution in [0.4, 0.5) is 0 Å². The molecule has 2 rings (SSSR count). The molecule has 1 saturated carbocycles. The Balaban J connectivity index is 1.80. The lowest BCUT2D eigenvalue weighted by atomic mass is 9.80. The van der Waals surface area contributed by atoms with Crippen LogP contribution in [0.15, 0.2) is 24.3 Å². The van der Waals surface area contributed by atoms with Gasteiger partial charge in [0, 0.05) is 0 Å². The van der Waals surface area contributed by atoms with E-state index < -0.39 is 0 Å². The monoisotopic (exact) mass is 291 g/mol. The van der Waals surface area contributed by atoms with E-state index in [-0.39, 0.29) is 6.04 Å². The quantitative estimate of drug-likeness (QED) is 0.863. The van der Waals surface area contributed by atoms with E-state index in [1.807, 2.05) is 31.2 Å². The van der Waals surface area contributed by atoms with E-state index in [1.54, 1.807) is 0 Å². The lowest BCUT2D eigenvalue weighted by Crippen LogP contribution is -2.29. The van der Waals surface area contributed by atoms with E-state index in [9.17, 15) is 0 Å². The zero-order chi connectivity index (χ0) is 15.2. The van der Waals surface area contributed by atoms with Crippen LogP contribution >= 0.6 is 0 Å². The van der Waals surface area contributed by atoms with Crippen LogP contribution in [-0.4, -0.2) is 19.3 Å². The number of hydrogen-bond acceptors (Lipinski definition) is 3. The molecule has 118 valence electrons. The molecule has 1 aromatic carbocycles. The maximum Gasteiger partial charge on any atom is 0.119 e. The van der Waals surface area contributed by atoms with Crippen molar-refractivity contribution < 1.29 is 9.47 Å². The lowest BCUT2D eigenvalue weighted by molar-refractivity contribution is -0.00363. The van der Waals surface area contributed by atoms with E-state index in [2.05, 4.69) is 13.8 Å². The fourth-order valence-corrected chi connectivity index (χ4v) is 2.96. The molecule has 4 atom stereocenters. The summed E-state index contributed by atoms with van der Waals surface area (Å²) >= 11 is 0. The predicted octanol–water partition coefficient (Wildman–Crippen LogP) is 3.93. The minimum atomic E-state index is -0.0599. The van der Waals surface area contributed by atoms with E-state index in [1.165, 1.54) is 12.8 Å². The van der Waals surface area contributed by atoms with Crippen molar-refractivity contribution >= 4 is 0 Å². The van der Waals surface area contributed by atoms with Crippen LogP contribution in [0.25, 0.3) is 0 Å². The Labute approximate surface area is 128 Å². The van der Waals surface area contributed by atoms with Crippen LogP contribution in [-0.2, 0) is 4.74 Å². The van der Waals surface area contributed by atoms with Gasteiger partial charge in [0.25, 0.3) is 0 Å². The highest BCUT2D eigenvalue weighted by molar-refractivity contribution is 5.29. The van der Waals surface area contributed by atoms with Crippen LogP contribution in [0.3, 0.4) is 0 Å². The molecule has 2 N–H and O–H groups in total. The van der Waals surface area contributed by atoms with Gasteiger partial charge in [0.15, 0.2) is 0 Å². The van der Waals surface area contributed by atoms with E-state index >= 15 is 0 Å². The average Bonchev–Trinajstić information content (AvgIpc) is 2.49. The van der Waals surface area contributed by atoms with E-state index in [0.717, 1.165) is 29.6 Å². The first-order valence-electron chi connectivity index (χ1n) is 8.20. The van der Waals surface area contributed by atoms with Crippen molar-refractivity contribution in [3.63, 3.8) is 0 Å². The molecule has 3 heteroatoms. The molecule has 1 aromatic rings. The number of benzene rings is 1. The summed E-state index contributed by atoms with van der Waals surface area (Å²) in [5.74, 6) is 2.47. The fraction of sp³-hybridized carbons (Fsp3) is 0.667. The SMILES string of the molecule is CCOc1ccc(C(N)COC2CCC(C)C(C)C2)cc1. The maximum absolute atomic E-state index is 6.23. The first kappa shape index (κ1) is 16.3. The minimum absolute atomic E-state index is 0.0599. The summed E-state index contributed by atoms with van der Waals surface area (Å²) < 4.78 is 11.5. The third-order valence-electron chi connectivity index (χ3n) is 4.68. The standard InChI is InChI=1S/C18H29NO2/c1-4-20-16-9-6-15(7-10-16)18(19)12-21-17-8-5-13(2)14(3)11-17/h6-7,9-10,13-14,17-18H,4-5,8,11-12,19H2,1-3H3. The summed E-state index contributed by atoms with van der Waals surface area (Å²) in [6.07, 6.45) is 3.98. The highest BCUT2D eigenvalue weighted by Crippen LogP contribution is 2.31. The minimum Gasteiger partial charge on any atom is -0.494 e. The smallest absolute Gasteiger partial charge is 0.119 e. The van der Waals surface area contributed by atoms with Gasteiger partial charge in [-0.15, -0.1) is 0 Å². The molecule has 0 saturated heterocycles. The third kappa shape index (κ3) is 4.72. The fourth-order valence-electron chi connectivity index (χ4n) is 2.96. The summed E-state index contributed by atoms with van der Waals surface area (Å²) in [6.45, 7) is 7.94. The first-order valence-corrected chi connectivity index (χ1v) is 8.20. The molecule has 3 nitrogen and oxygen atoms in total. The molecule has 1 aliphatic rings. The molecular formula is C18H29NO2. The largest absolute Gasteiger partial charge is 0.494 e. The van der Waals surface area contributed by atoms with Gasteiger partial charge in [-0.05, 0) is 55.7 Å². The van der Waals surface area contributed by atoms with Gasteiger partial charge < -0.3 is 15.2 Å². The maximum atomic E-state index is 6.23. The number of nitrogens with two attached hydrogens (primary N) is 1. The summed E-state index contributed by atoms with van der Waals surface area (Å²) in [7, 11) is 0. The van der Waals surface area contributed by atoms with Gasteiger partial charge in [0.2, 0.25) is 0 Å². The normalized spacial score (nSPS) is 27.3. The zero-order valence-electron chi connectivity index (χ0n) is 13.5. The lowest BCUT2D eigenvalue weighted by Gasteiger charge is -2.32. The van der Waals surface area contributed by atoms with Gasteiger partial charge in [0.05, 0.1) is 25.4 Å². The second kappa shape index (κ2) is 7.81. The molecule has 1 fully saturated rings. The Hall–Kier alpha value is -1.06. The van der Waals surface area contributed by atoms with Crippen molar-refractivity contribution in [1.29, 1.82) is 0 Å². The molecule has 0 radical (unpaired) electrons. The van der Waals surface area contributed by atoms with Gasteiger partial charge in [-0.2, -0.15) is 0 Å². The summed E-state index contributed by atoms with van der Waals surface area (Å²) in [5.41, 5.74) is 7.34. The van der Waals surface area contributed by atoms with Crippen molar-refractivity contribution in [2.45, 2.75) is 52.2 Å². The van der Waals surface area contributed by atoms with Gasteiger partial charge in [-0.25, -0.2) is 0 Å². The third-order valence-corrected chi connectivity index (χ3v) is 4.68. The Kier molecular flexibility index (Phi) is 6.07. The topological polar surface area (TPSA) is 44.5 Å². The van der Waals surface area contributed by atoms with Gasteiger partial charge in [-0.3, -0.25) is 0 Å². The van der Waals surface area contributed by atoms with Crippen molar-refractivity contribution in [2.24, 2.45) is 17.6 Å². The Morgan fingerprint density at radius 2 is 1.86 bits per heavy atom. The highest BCUT2D eigenvalue weighted by Gasteiger charge is 2.25. The molecule has 0 spiro atoms. The highest BCUT2D eigenvalue weighted by atomic mass is 16.5. The molecule has 1 aliphatic carbocycles. The average molecular weight is 291 g/mol. The number of rotatable bonds is 6. The number of hydrogen-bond donors (Lipinski definition) is 1. The summed E-state index contributed by atoms with van der Waals surface area (Å²) in [6, 6.07) is 7.96. The molecule has 0 aromatic heterocycles. The van der Waals surface area contributed by atoms with Crippen LogP contribution in [0.2, 0.25) is 0 Å². The first-order chi connectivity index (χ1) is 10.1. The van der Waals surface area contributed by atoms with Gasteiger partial charge in [0.1, 0.15) is 5.75 Å². The Bertz CT molecular complexity index is 418.